The van der Waals surface area contributed by atoms with Crippen LogP contribution < -0.4 is 14.1 Å². The molecule has 10 heteroatoms. The Morgan fingerprint density at radius 2 is 1.59 bits per heavy atom. The fraction of sp³-hybridized carbons (Fsp3) is 0.458. The number of benzene rings is 2. The lowest BCUT2D eigenvalue weighted by Crippen LogP contribution is -2.44. The topological polar surface area (TPSA) is 117 Å². The second-order valence-electron chi connectivity index (χ2n) is 8.82. The highest BCUT2D eigenvalue weighted by Gasteiger charge is 2.41. The van der Waals surface area contributed by atoms with Crippen LogP contribution in [0.2, 0.25) is 0 Å². The van der Waals surface area contributed by atoms with Crippen molar-refractivity contribution in [2.45, 2.75) is 51.0 Å². The molecule has 2 aromatic carbocycles. The van der Waals surface area contributed by atoms with E-state index in [0.717, 1.165) is 44.9 Å². The molecule has 0 aliphatic heterocycles. The van der Waals surface area contributed by atoms with Crippen LogP contribution in [-0.2, 0) is 14.1 Å². The summed E-state index contributed by atoms with van der Waals surface area (Å²) in [5.41, 5.74) is -0.122. The summed E-state index contributed by atoms with van der Waals surface area (Å²) in [7, 11) is -4.13. The lowest BCUT2D eigenvalue weighted by atomic mass is 9.84. The van der Waals surface area contributed by atoms with E-state index in [2.05, 4.69) is 5.09 Å². The molecule has 2 aliphatic rings. The van der Waals surface area contributed by atoms with E-state index in [-0.39, 0.29) is 17.4 Å². The van der Waals surface area contributed by atoms with Gasteiger partial charge in [0.2, 0.25) is 0 Å². The smallest absolute Gasteiger partial charge is 0.464 e. The summed E-state index contributed by atoms with van der Waals surface area (Å²) in [6, 6.07) is 12.9. The summed E-state index contributed by atoms with van der Waals surface area (Å²) >= 11 is 0. The Bertz CT molecular complexity index is 1020. The highest BCUT2D eigenvalue weighted by Crippen LogP contribution is 2.47. The second kappa shape index (κ2) is 11.0. The monoisotopic (exact) mass is 488 g/mol. The predicted octanol–water partition coefficient (Wildman–Crippen LogP) is 5.65. The van der Waals surface area contributed by atoms with Crippen LogP contribution in [0.15, 0.2) is 54.6 Å². The molecule has 2 atom stereocenters. The number of carbonyl (C=O) groups excluding carboxylic acids is 1. The van der Waals surface area contributed by atoms with E-state index in [0.29, 0.717) is 18.3 Å². The quantitative estimate of drug-likeness (QED) is 0.187. The Balaban J connectivity index is 1.58. The van der Waals surface area contributed by atoms with Gasteiger partial charge in [0.05, 0.1) is 11.5 Å². The first kappa shape index (κ1) is 24.2. The van der Waals surface area contributed by atoms with Gasteiger partial charge in [0.1, 0.15) is 17.5 Å². The number of nitrogens with one attached hydrogen (secondary N) is 1. The molecule has 0 heterocycles. The third-order valence-electron chi connectivity index (χ3n) is 6.07. The molecule has 1 N–H and O–H groups in total. The van der Waals surface area contributed by atoms with E-state index in [4.69, 9.17) is 13.8 Å². The minimum absolute atomic E-state index is 0.0615. The molecule has 0 radical (unpaired) electrons. The molecular weight excluding hydrogens is 459 g/mol. The third-order valence-corrected chi connectivity index (χ3v) is 7.57. The zero-order valence-corrected chi connectivity index (χ0v) is 19.7. The molecule has 34 heavy (non-hydrogen) atoms. The molecule has 2 aromatic rings. The summed E-state index contributed by atoms with van der Waals surface area (Å²) in [4.78, 5) is 23.5. The molecule has 0 saturated heterocycles. The zero-order chi connectivity index (χ0) is 24.0. The van der Waals surface area contributed by atoms with Crippen molar-refractivity contribution in [3.05, 3.63) is 64.7 Å². The summed E-state index contributed by atoms with van der Waals surface area (Å²) in [5.74, 6) is 0.302. The van der Waals surface area contributed by atoms with Crippen LogP contribution in [0.4, 0.5) is 5.69 Å². The van der Waals surface area contributed by atoms with E-state index < -0.39 is 24.7 Å². The van der Waals surface area contributed by atoms with Gasteiger partial charge in [-0.3, -0.25) is 14.9 Å². The van der Waals surface area contributed by atoms with Gasteiger partial charge < -0.3 is 13.8 Å². The zero-order valence-electron chi connectivity index (χ0n) is 18.8. The maximum Gasteiger partial charge on any atom is 0.513 e. The lowest BCUT2D eigenvalue weighted by Gasteiger charge is -2.31. The predicted molar refractivity (Wildman–Crippen MR) is 126 cm³/mol. The number of hydrogen-bond acceptors (Lipinski definition) is 7. The summed E-state index contributed by atoms with van der Waals surface area (Å²) in [6.45, 7) is 0.358. The standard InChI is InChI=1S/C24H29N2O7P/c27-24(31-17-18-11-12-18)23(19-7-3-1-4-8-19)25-34(30,32-21-9-5-2-6-10-21)33-22-15-13-20(14-16-22)26(28)29/h2,5-6,9-10,13-16,18-19,23H,1,3-4,7-8,11-12,17H2,(H,25,30). The Morgan fingerprint density at radius 3 is 2.18 bits per heavy atom. The van der Waals surface area contributed by atoms with Crippen LogP contribution in [0, 0.1) is 22.0 Å². The van der Waals surface area contributed by atoms with Crippen LogP contribution in [0.25, 0.3) is 0 Å². The van der Waals surface area contributed by atoms with Crippen molar-refractivity contribution in [1.29, 1.82) is 0 Å². The van der Waals surface area contributed by atoms with Crippen LogP contribution in [-0.4, -0.2) is 23.5 Å². The third kappa shape index (κ3) is 6.81. The number of ether oxygens (including phenoxy) is 1. The molecule has 2 aliphatic carbocycles. The van der Waals surface area contributed by atoms with Gasteiger partial charge in [0.25, 0.3) is 5.69 Å². The SMILES string of the molecule is O=C(OCC1CC1)C(NP(=O)(Oc1ccccc1)Oc1ccc([N+](=O)[O-])cc1)C1CCCCC1. The van der Waals surface area contributed by atoms with Crippen molar-refractivity contribution in [2.75, 3.05) is 6.61 Å². The summed E-state index contributed by atoms with van der Waals surface area (Å²) in [5, 5.41) is 13.9. The Morgan fingerprint density at radius 1 is 0.971 bits per heavy atom. The average Bonchev–Trinajstić information content (AvgIpc) is 3.67. The van der Waals surface area contributed by atoms with E-state index in [1.54, 1.807) is 30.3 Å². The number of hydrogen-bond donors (Lipinski definition) is 1. The van der Waals surface area contributed by atoms with Crippen molar-refractivity contribution in [1.82, 2.24) is 5.09 Å². The molecule has 0 spiro atoms. The van der Waals surface area contributed by atoms with Gasteiger partial charge in [-0.25, -0.2) is 4.57 Å². The van der Waals surface area contributed by atoms with Gasteiger partial charge in [-0.15, -0.1) is 0 Å². The number of nitrogens with zero attached hydrogens (tertiary/aromatic N) is 1. The number of carbonyl (C=O) groups is 1. The second-order valence-corrected chi connectivity index (χ2v) is 10.4. The van der Waals surface area contributed by atoms with E-state index >= 15 is 0 Å². The fourth-order valence-corrected chi connectivity index (χ4v) is 5.62. The number of non-ortho nitro benzene ring substituents is 1. The van der Waals surface area contributed by atoms with Crippen molar-refractivity contribution < 1.29 is 28.1 Å². The highest BCUT2D eigenvalue weighted by molar-refractivity contribution is 7.52. The summed E-state index contributed by atoms with van der Waals surface area (Å²) in [6.07, 6.45) is 6.76. The molecule has 182 valence electrons. The first-order chi connectivity index (χ1) is 16.4. The van der Waals surface area contributed by atoms with E-state index in [1.807, 2.05) is 0 Å². The number of para-hydroxylation sites is 1. The van der Waals surface area contributed by atoms with Crippen LogP contribution >= 0.6 is 7.75 Å². The van der Waals surface area contributed by atoms with Gasteiger partial charge in [0.15, 0.2) is 0 Å². The molecule has 2 saturated carbocycles. The normalized spacial score (nSPS) is 18.9. The van der Waals surface area contributed by atoms with Crippen molar-refractivity contribution in [2.24, 2.45) is 11.8 Å². The maximum atomic E-state index is 14.0. The number of esters is 1. The Hall–Kier alpha value is -2.90. The van der Waals surface area contributed by atoms with Crippen LogP contribution in [0.5, 0.6) is 11.5 Å². The molecule has 0 aromatic heterocycles. The molecule has 2 fully saturated rings. The first-order valence-electron chi connectivity index (χ1n) is 11.6. The van der Waals surface area contributed by atoms with Gasteiger partial charge >= 0.3 is 13.7 Å². The minimum Gasteiger partial charge on any atom is -0.464 e. The largest absolute Gasteiger partial charge is 0.513 e. The van der Waals surface area contributed by atoms with Crippen molar-refractivity contribution in [3.8, 4) is 11.5 Å². The van der Waals surface area contributed by atoms with Crippen LogP contribution in [0.3, 0.4) is 0 Å². The first-order valence-corrected chi connectivity index (χ1v) is 13.2. The minimum atomic E-state index is -4.13. The van der Waals surface area contributed by atoms with Crippen LogP contribution in [0.1, 0.15) is 44.9 Å². The van der Waals surface area contributed by atoms with E-state index in [9.17, 15) is 19.5 Å². The number of rotatable bonds is 11. The van der Waals surface area contributed by atoms with E-state index in [1.165, 1.54) is 24.3 Å². The molecule has 0 amide bonds. The molecule has 4 rings (SSSR count). The average molecular weight is 488 g/mol. The van der Waals surface area contributed by atoms with Crippen molar-refractivity contribution >= 4 is 19.4 Å². The molecule has 9 nitrogen and oxygen atoms in total. The highest BCUT2D eigenvalue weighted by atomic mass is 31.2. The lowest BCUT2D eigenvalue weighted by molar-refractivity contribution is -0.384. The van der Waals surface area contributed by atoms with Gasteiger partial charge in [-0.05, 0) is 61.8 Å². The molecular formula is C24H29N2O7P. The Kier molecular flexibility index (Phi) is 7.85. The summed E-state index contributed by atoms with van der Waals surface area (Å²) < 4.78 is 31.1. The molecule has 0 bridgehead atoms. The Labute approximate surface area is 198 Å². The number of nitro benzene ring substituents is 1. The maximum absolute atomic E-state index is 14.0. The van der Waals surface area contributed by atoms with Gasteiger partial charge in [0, 0.05) is 12.1 Å². The molecule has 2 unspecified atom stereocenters. The van der Waals surface area contributed by atoms with Gasteiger partial charge in [-0.2, -0.15) is 5.09 Å². The number of nitro groups is 1. The van der Waals surface area contributed by atoms with Crippen molar-refractivity contribution in [3.63, 3.8) is 0 Å². The van der Waals surface area contributed by atoms with Gasteiger partial charge in [-0.1, -0.05) is 37.5 Å². The fourth-order valence-electron chi connectivity index (χ4n) is 4.02.